The minimum atomic E-state index is -4.51. The van der Waals surface area contributed by atoms with Gasteiger partial charge in [0.1, 0.15) is 24.1 Å². The van der Waals surface area contributed by atoms with Gasteiger partial charge in [-0.05, 0) is 0 Å². The summed E-state index contributed by atoms with van der Waals surface area (Å²) in [6, 6.07) is 0. The highest BCUT2D eigenvalue weighted by Gasteiger charge is 2.47. The standard InChI is InChI=1S/C9H17NO9S/c10-2-1-5(11)19-8-4(3-20(15,16)17)18-9(14)7(13)6(8)12/h4,6-9,12-14H,1-3,10H2,(H,15,16,17)/t4-,6-,7-,8-,9+/m1/s1. The first-order chi connectivity index (χ1) is 9.15. The van der Waals surface area contributed by atoms with Crippen molar-refractivity contribution in [2.45, 2.75) is 37.1 Å². The molecule has 1 rings (SSSR count). The van der Waals surface area contributed by atoms with Gasteiger partial charge in [0.05, 0.1) is 6.42 Å². The van der Waals surface area contributed by atoms with E-state index in [0.717, 1.165) is 0 Å². The molecule has 11 heteroatoms. The van der Waals surface area contributed by atoms with Crippen molar-refractivity contribution in [2.75, 3.05) is 12.3 Å². The van der Waals surface area contributed by atoms with Crippen LogP contribution in [0.5, 0.6) is 0 Å². The Morgan fingerprint density at radius 1 is 1.25 bits per heavy atom. The van der Waals surface area contributed by atoms with Gasteiger partial charge in [0.25, 0.3) is 10.1 Å². The molecule has 0 aromatic heterocycles. The number of rotatable bonds is 5. The van der Waals surface area contributed by atoms with Crippen molar-refractivity contribution in [2.24, 2.45) is 5.73 Å². The lowest BCUT2D eigenvalue weighted by molar-refractivity contribution is -0.280. The summed E-state index contributed by atoms with van der Waals surface area (Å²) >= 11 is 0. The Labute approximate surface area is 114 Å². The second kappa shape index (κ2) is 6.76. The van der Waals surface area contributed by atoms with Crippen LogP contribution in [0.4, 0.5) is 0 Å². The van der Waals surface area contributed by atoms with E-state index in [1.807, 2.05) is 0 Å². The van der Waals surface area contributed by atoms with Crippen molar-refractivity contribution >= 4 is 16.1 Å². The molecule has 1 saturated heterocycles. The fraction of sp³-hybridized carbons (Fsp3) is 0.889. The SMILES string of the molecule is NCCC(=O)O[C@H]1[C@H](O)[C@@H](O)[C@@H](O)O[C@@H]1CS(=O)(=O)O. The van der Waals surface area contributed by atoms with Crippen LogP contribution in [0.1, 0.15) is 6.42 Å². The molecule has 1 heterocycles. The van der Waals surface area contributed by atoms with Gasteiger partial charge >= 0.3 is 5.97 Å². The molecular formula is C9H17NO9S. The van der Waals surface area contributed by atoms with Gasteiger partial charge in [0, 0.05) is 6.54 Å². The number of aliphatic hydroxyl groups is 3. The van der Waals surface area contributed by atoms with E-state index in [-0.39, 0.29) is 13.0 Å². The van der Waals surface area contributed by atoms with Gasteiger partial charge in [-0.2, -0.15) is 8.42 Å². The van der Waals surface area contributed by atoms with Crippen molar-refractivity contribution in [3.8, 4) is 0 Å². The molecule has 5 atom stereocenters. The third-order valence-corrected chi connectivity index (χ3v) is 3.40. The van der Waals surface area contributed by atoms with Gasteiger partial charge in [0.2, 0.25) is 0 Å². The summed E-state index contributed by atoms with van der Waals surface area (Å²) in [4.78, 5) is 11.3. The Balaban J connectivity index is 2.88. The van der Waals surface area contributed by atoms with E-state index in [0.29, 0.717) is 0 Å². The summed E-state index contributed by atoms with van der Waals surface area (Å²) in [7, 11) is -4.51. The molecule has 0 unspecified atom stereocenters. The first-order valence-corrected chi connectivity index (χ1v) is 7.31. The Morgan fingerprint density at radius 2 is 1.85 bits per heavy atom. The summed E-state index contributed by atoms with van der Waals surface area (Å²) < 4.78 is 40.0. The normalized spacial score (nSPS) is 34.8. The highest BCUT2D eigenvalue weighted by Crippen LogP contribution is 2.23. The average Bonchev–Trinajstić information content (AvgIpc) is 2.30. The maximum Gasteiger partial charge on any atom is 0.307 e. The minimum absolute atomic E-state index is 0.0311. The zero-order valence-electron chi connectivity index (χ0n) is 10.3. The Morgan fingerprint density at radius 3 is 2.35 bits per heavy atom. The van der Waals surface area contributed by atoms with Gasteiger partial charge in [-0.15, -0.1) is 0 Å². The van der Waals surface area contributed by atoms with E-state index in [9.17, 15) is 28.5 Å². The predicted molar refractivity (Wildman–Crippen MR) is 62.9 cm³/mol. The first kappa shape index (κ1) is 17.2. The maximum absolute atomic E-state index is 11.3. The summed E-state index contributed by atoms with van der Waals surface area (Å²) in [5, 5.41) is 28.4. The van der Waals surface area contributed by atoms with Crippen molar-refractivity contribution in [1.82, 2.24) is 0 Å². The van der Waals surface area contributed by atoms with E-state index in [4.69, 9.17) is 19.8 Å². The number of esters is 1. The Hall–Kier alpha value is -0.820. The monoisotopic (exact) mass is 315 g/mol. The summed E-state index contributed by atoms with van der Waals surface area (Å²) in [5.74, 6) is -1.86. The number of nitrogens with two attached hydrogens (primary N) is 1. The van der Waals surface area contributed by atoms with Crippen LogP contribution in [0, 0.1) is 0 Å². The van der Waals surface area contributed by atoms with Crippen LogP contribution in [0.25, 0.3) is 0 Å². The predicted octanol–water partition coefficient (Wildman–Crippen LogP) is -3.43. The highest BCUT2D eigenvalue weighted by atomic mass is 32.2. The molecule has 0 saturated carbocycles. The fourth-order valence-electron chi connectivity index (χ4n) is 1.74. The zero-order valence-corrected chi connectivity index (χ0v) is 11.1. The average molecular weight is 315 g/mol. The third kappa shape index (κ3) is 4.63. The number of hydrogen-bond donors (Lipinski definition) is 5. The molecule has 0 radical (unpaired) electrons. The lowest BCUT2D eigenvalue weighted by Gasteiger charge is -2.39. The third-order valence-electron chi connectivity index (χ3n) is 2.65. The van der Waals surface area contributed by atoms with Crippen LogP contribution < -0.4 is 5.73 Å². The molecule has 1 aliphatic rings. The Bertz CT molecular complexity index is 439. The number of aliphatic hydroxyl groups excluding tert-OH is 3. The largest absolute Gasteiger partial charge is 0.457 e. The van der Waals surface area contributed by atoms with E-state index < -0.39 is 52.5 Å². The van der Waals surface area contributed by atoms with Gasteiger partial charge < -0.3 is 30.5 Å². The van der Waals surface area contributed by atoms with Crippen molar-refractivity contribution in [1.29, 1.82) is 0 Å². The minimum Gasteiger partial charge on any atom is -0.457 e. The first-order valence-electron chi connectivity index (χ1n) is 5.70. The summed E-state index contributed by atoms with van der Waals surface area (Å²) in [6.07, 6.45) is -8.72. The molecule has 0 spiro atoms. The van der Waals surface area contributed by atoms with Crippen molar-refractivity contribution in [3.63, 3.8) is 0 Å². The Kier molecular flexibility index (Phi) is 5.82. The van der Waals surface area contributed by atoms with Gasteiger partial charge in [-0.1, -0.05) is 0 Å². The molecule has 0 bridgehead atoms. The smallest absolute Gasteiger partial charge is 0.307 e. The fourth-order valence-corrected chi connectivity index (χ4v) is 2.42. The lowest BCUT2D eigenvalue weighted by atomic mass is 9.99. The molecule has 20 heavy (non-hydrogen) atoms. The topological polar surface area (TPSA) is 177 Å². The summed E-state index contributed by atoms with van der Waals surface area (Å²) in [6.45, 7) is -0.0311. The van der Waals surface area contributed by atoms with Gasteiger partial charge in [-0.25, -0.2) is 0 Å². The number of ether oxygens (including phenoxy) is 2. The lowest BCUT2D eigenvalue weighted by Crippen LogP contribution is -2.60. The second-order valence-electron chi connectivity index (χ2n) is 4.29. The molecule has 0 aliphatic carbocycles. The molecule has 118 valence electrons. The molecule has 0 aromatic carbocycles. The van der Waals surface area contributed by atoms with Crippen molar-refractivity contribution in [3.05, 3.63) is 0 Å². The maximum atomic E-state index is 11.3. The van der Waals surface area contributed by atoms with Gasteiger partial charge in [-0.3, -0.25) is 9.35 Å². The molecule has 10 nitrogen and oxygen atoms in total. The number of carbonyl (C=O) groups is 1. The van der Waals surface area contributed by atoms with E-state index in [1.54, 1.807) is 0 Å². The quantitative estimate of drug-likeness (QED) is 0.253. The van der Waals surface area contributed by atoms with Gasteiger partial charge in [0.15, 0.2) is 12.4 Å². The highest BCUT2D eigenvalue weighted by molar-refractivity contribution is 7.85. The van der Waals surface area contributed by atoms with E-state index in [1.165, 1.54) is 0 Å². The van der Waals surface area contributed by atoms with Crippen LogP contribution in [0.15, 0.2) is 0 Å². The number of carbonyl (C=O) groups excluding carboxylic acids is 1. The molecular weight excluding hydrogens is 298 g/mol. The summed E-state index contributed by atoms with van der Waals surface area (Å²) in [5.41, 5.74) is 5.14. The molecule has 1 aliphatic heterocycles. The molecule has 6 N–H and O–H groups in total. The molecule has 0 amide bonds. The van der Waals surface area contributed by atoms with Crippen LogP contribution in [-0.2, 0) is 24.4 Å². The number of hydrogen-bond acceptors (Lipinski definition) is 9. The molecule has 0 aromatic rings. The van der Waals surface area contributed by atoms with Crippen LogP contribution in [0.3, 0.4) is 0 Å². The molecule has 1 fully saturated rings. The van der Waals surface area contributed by atoms with Crippen LogP contribution in [-0.4, -0.2) is 77.3 Å². The van der Waals surface area contributed by atoms with Crippen molar-refractivity contribution < 1.29 is 42.6 Å². The van der Waals surface area contributed by atoms with Crippen LogP contribution in [0.2, 0.25) is 0 Å². The van der Waals surface area contributed by atoms with Crippen LogP contribution >= 0.6 is 0 Å². The van der Waals surface area contributed by atoms with E-state index in [2.05, 4.69) is 0 Å². The zero-order chi connectivity index (χ0) is 15.5. The second-order valence-corrected chi connectivity index (χ2v) is 5.79. The van der Waals surface area contributed by atoms with E-state index >= 15 is 0 Å².